The first-order chi connectivity index (χ1) is 8.04. The van der Waals surface area contributed by atoms with Crippen molar-refractivity contribution >= 4 is 11.9 Å². The molecule has 0 fully saturated rings. The van der Waals surface area contributed by atoms with E-state index >= 15 is 0 Å². The van der Waals surface area contributed by atoms with Gasteiger partial charge in [-0.05, 0) is 30.3 Å². The van der Waals surface area contributed by atoms with Crippen molar-refractivity contribution in [1.82, 2.24) is 4.72 Å². The molecule has 0 radical (unpaired) electrons. The summed E-state index contributed by atoms with van der Waals surface area (Å²) < 4.78 is 41.4. The average molecular weight is 261 g/mol. The van der Waals surface area contributed by atoms with Gasteiger partial charge in [-0.3, -0.25) is 0 Å². The second kappa shape index (κ2) is 6.09. The molecule has 0 bridgehead atoms. The molecular weight excluding hydrogens is 251 g/mol. The molecule has 0 unspecified atom stereocenters. The van der Waals surface area contributed by atoms with Crippen LogP contribution in [0.1, 0.15) is 0 Å². The van der Waals surface area contributed by atoms with Gasteiger partial charge in [0.05, 0.1) is 0 Å². The van der Waals surface area contributed by atoms with Crippen molar-refractivity contribution in [2.75, 3.05) is 0 Å². The van der Waals surface area contributed by atoms with Crippen molar-refractivity contribution < 1.29 is 13.2 Å². The minimum absolute atomic E-state index is 0.153. The zero-order chi connectivity index (χ0) is 12.8. The number of allylic oxidation sites excluding steroid dienone is 2. The Morgan fingerprint density at radius 3 is 2.35 bits per heavy atom. The van der Waals surface area contributed by atoms with Crippen LogP contribution >= 0.6 is 11.9 Å². The number of halogens is 3. The van der Waals surface area contributed by atoms with Gasteiger partial charge in [-0.15, -0.1) is 0 Å². The highest BCUT2D eigenvalue weighted by molar-refractivity contribution is 7.97. The summed E-state index contributed by atoms with van der Waals surface area (Å²) in [4.78, 5) is -0.362. The molecule has 0 saturated heterocycles. The summed E-state index contributed by atoms with van der Waals surface area (Å²) in [5.41, 5.74) is 10.5. The number of hydrogen-bond donors (Lipinski definition) is 3. The summed E-state index contributed by atoms with van der Waals surface area (Å²) >= 11 is 0.606. The largest absolute Gasteiger partial charge is 0.405 e. The molecule has 0 spiro atoms. The van der Waals surface area contributed by atoms with Gasteiger partial charge in [0.25, 0.3) is 0 Å². The van der Waals surface area contributed by atoms with Gasteiger partial charge in [-0.1, -0.05) is 0 Å². The van der Waals surface area contributed by atoms with E-state index in [4.69, 9.17) is 11.5 Å². The van der Waals surface area contributed by atoms with Gasteiger partial charge >= 0.3 is 0 Å². The van der Waals surface area contributed by atoms with Crippen LogP contribution in [0.4, 0.5) is 13.2 Å². The molecule has 3 nitrogen and oxygen atoms in total. The number of benzene rings is 1. The maximum absolute atomic E-state index is 13.2. The van der Waals surface area contributed by atoms with E-state index in [0.29, 0.717) is 24.1 Å². The summed E-state index contributed by atoms with van der Waals surface area (Å²) in [5.74, 6) is -2.82. The Hall–Kier alpha value is -1.76. The predicted molar refractivity (Wildman–Crippen MR) is 60.9 cm³/mol. The number of rotatable bonds is 4. The van der Waals surface area contributed by atoms with Crippen LogP contribution in [-0.4, -0.2) is 0 Å². The zero-order valence-corrected chi connectivity index (χ0v) is 9.40. The van der Waals surface area contributed by atoms with Crippen LogP contribution in [-0.2, 0) is 0 Å². The first-order valence-electron chi connectivity index (χ1n) is 4.46. The second-order valence-corrected chi connectivity index (χ2v) is 3.73. The molecule has 0 heterocycles. The first-order valence-corrected chi connectivity index (χ1v) is 5.27. The van der Waals surface area contributed by atoms with Crippen LogP contribution in [0.25, 0.3) is 0 Å². The van der Waals surface area contributed by atoms with E-state index in [1.807, 2.05) is 0 Å². The van der Waals surface area contributed by atoms with Crippen LogP contribution in [0.5, 0.6) is 0 Å². The molecule has 1 rings (SSSR count). The monoisotopic (exact) mass is 261 g/mol. The Bertz CT molecular complexity index is 437. The molecule has 0 amide bonds. The lowest BCUT2D eigenvalue weighted by Gasteiger charge is -2.06. The third-order valence-corrected chi connectivity index (χ3v) is 2.55. The first kappa shape index (κ1) is 13.3. The summed E-state index contributed by atoms with van der Waals surface area (Å²) in [6.07, 6.45) is 4.10. The van der Waals surface area contributed by atoms with Crippen molar-refractivity contribution in [2.45, 2.75) is 4.90 Å². The van der Waals surface area contributed by atoms with E-state index < -0.39 is 17.5 Å². The molecule has 5 N–H and O–H groups in total. The van der Waals surface area contributed by atoms with Gasteiger partial charge in [0.15, 0.2) is 0 Å². The molecule has 0 aromatic heterocycles. The molecule has 1 aromatic rings. The molecule has 92 valence electrons. The van der Waals surface area contributed by atoms with Crippen LogP contribution in [0.2, 0.25) is 0 Å². The van der Waals surface area contributed by atoms with Gasteiger partial charge in [0.2, 0.25) is 0 Å². The van der Waals surface area contributed by atoms with Gasteiger partial charge in [-0.2, -0.15) is 0 Å². The highest BCUT2D eigenvalue weighted by Gasteiger charge is 2.12. The number of hydrogen-bond acceptors (Lipinski definition) is 4. The lowest BCUT2D eigenvalue weighted by Crippen LogP contribution is -2.12. The highest BCUT2D eigenvalue weighted by Crippen LogP contribution is 2.24. The quantitative estimate of drug-likeness (QED) is 0.573. The van der Waals surface area contributed by atoms with E-state index in [9.17, 15) is 13.2 Å². The molecule has 0 aliphatic carbocycles. The lowest BCUT2D eigenvalue weighted by atomic mass is 10.3. The van der Waals surface area contributed by atoms with Crippen molar-refractivity contribution in [2.24, 2.45) is 11.5 Å². The SMILES string of the molecule is N/C=C\C=C(/N)NSc1c(F)cc(F)cc1F. The topological polar surface area (TPSA) is 64.1 Å². The predicted octanol–water partition coefficient (Wildman–Crippen LogP) is 1.97. The minimum Gasteiger partial charge on any atom is -0.405 e. The van der Waals surface area contributed by atoms with E-state index in [2.05, 4.69) is 4.72 Å². The molecular formula is C10H10F3N3S. The van der Waals surface area contributed by atoms with E-state index in [1.165, 1.54) is 18.4 Å². The zero-order valence-electron chi connectivity index (χ0n) is 8.58. The Kier molecular flexibility index (Phi) is 4.77. The fourth-order valence-electron chi connectivity index (χ4n) is 0.930. The van der Waals surface area contributed by atoms with Crippen LogP contribution in [0.15, 0.2) is 41.2 Å². The third kappa shape index (κ3) is 3.95. The van der Waals surface area contributed by atoms with Crippen LogP contribution in [0, 0.1) is 17.5 Å². The second-order valence-electron chi connectivity index (χ2n) is 2.91. The van der Waals surface area contributed by atoms with Crippen molar-refractivity contribution in [3.05, 3.63) is 53.8 Å². The van der Waals surface area contributed by atoms with E-state index in [-0.39, 0.29) is 10.7 Å². The maximum Gasteiger partial charge on any atom is 0.144 e. The van der Waals surface area contributed by atoms with Crippen molar-refractivity contribution in [1.29, 1.82) is 0 Å². The van der Waals surface area contributed by atoms with Gasteiger partial charge < -0.3 is 16.2 Å². The average Bonchev–Trinajstić information content (AvgIpc) is 2.24. The Morgan fingerprint density at radius 2 is 1.82 bits per heavy atom. The van der Waals surface area contributed by atoms with Crippen molar-refractivity contribution in [3.63, 3.8) is 0 Å². The number of nitrogens with one attached hydrogen (secondary N) is 1. The van der Waals surface area contributed by atoms with Crippen LogP contribution < -0.4 is 16.2 Å². The molecule has 17 heavy (non-hydrogen) atoms. The Balaban J connectivity index is 2.76. The third-order valence-electron chi connectivity index (χ3n) is 1.62. The molecule has 0 atom stereocenters. The fourth-order valence-corrected chi connectivity index (χ4v) is 1.53. The molecule has 1 aromatic carbocycles. The highest BCUT2D eigenvalue weighted by atomic mass is 32.2. The Morgan fingerprint density at radius 1 is 1.24 bits per heavy atom. The van der Waals surface area contributed by atoms with Gasteiger partial charge in [-0.25, -0.2) is 13.2 Å². The molecule has 0 aliphatic rings. The Labute approximate surface area is 100 Å². The van der Waals surface area contributed by atoms with Gasteiger partial charge in [0.1, 0.15) is 28.2 Å². The normalized spacial score (nSPS) is 12.1. The smallest absolute Gasteiger partial charge is 0.144 e. The lowest BCUT2D eigenvalue weighted by molar-refractivity contribution is 0.510. The van der Waals surface area contributed by atoms with Gasteiger partial charge in [0, 0.05) is 12.1 Å². The summed E-state index contributed by atoms with van der Waals surface area (Å²) in [6, 6.07) is 1.18. The summed E-state index contributed by atoms with van der Waals surface area (Å²) in [6.45, 7) is 0. The summed E-state index contributed by atoms with van der Waals surface area (Å²) in [7, 11) is 0. The molecule has 0 aliphatic heterocycles. The fraction of sp³-hybridized carbons (Fsp3) is 0. The van der Waals surface area contributed by atoms with E-state index in [1.54, 1.807) is 0 Å². The minimum atomic E-state index is -0.998. The number of nitrogens with two attached hydrogens (primary N) is 2. The summed E-state index contributed by atoms with van der Waals surface area (Å²) in [5, 5.41) is 0. The maximum atomic E-state index is 13.2. The van der Waals surface area contributed by atoms with E-state index in [0.717, 1.165) is 0 Å². The molecule has 7 heteroatoms. The molecule has 0 saturated carbocycles. The van der Waals surface area contributed by atoms with Crippen molar-refractivity contribution in [3.8, 4) is 0 Å². The van der Waals surface area contributed by atoms with Crippen LogP contribution in [0.3, 0.4) is 0 Å². The standard InChI is InChI=1S/C10H10F3N3S/c11-6-4-7(12)10(8(13)5-6)17-16-9(15)2-1-3-14/h1-5,16H,14-15H2/b3-1-,9-2+.